The molecule has 0 aromatic rings. The Labute approximate surface area is 54.3 Å². The maximum absolute atomic E-state index is 10.2. The van der Waals surface area contributed by atoms with Gasteiger partial charge in [0.15, 0.2) is 0 Å². The van der Waals surface area contributed by atoms with Gasteiger partial charge in [-0.3, -0.25) is 15.6 Å². The van der Waals surface area contributed by atoms with Gasteiger partial charge < -0.3 is 5.32 Å². The summed E-state index contributed by atoms with van der Waals surface area (Å²) in [6.45, 7) is 4.92. The average molecular weight is 129 g/mol. The molecule has 1 amide bonds. The number of rotatable bonds is 3. The fourth-order valence-electron chi connectivity index (χ4n) is 0.226. The zero-order chi connectivity index (χ0) is 7.28. The predicted molar refractivity (Wildman–Crippen MR) is 35.2 cm³/mol. The maximum Gasteiger partial charge on any atom is 0.235 e. The molecule has 0 saturated carbocycles. The summed E-state index contributed by atoms with van der Waals surface area (Å²) in [7, 11) is 1.71. The van der Waals surface area contributed by atoms with E-state index in [-0.39, 0.29) is 5.91 Å². The zero-order valence-corrected chi connectivity index (χ0v) is 5.62. The lowest BCUT2D eigenvalue weighted by Crippen LogP contribution is -2.38. The molecule has 0 spiro atoms. The predicted octanol–water partition coefficient (Wildman–Crippen LogP) is -0.682. The molecule has 0 radical (unpaired) electrons. The normalized spacial score (nSPS) is 7.78. The molecular weight excluding hydrogens is 118 g/mol. The summed E-state index contributed by atoms with van der Waals surface area (Å²) in [5.74, 6) is 0.414. The number of amides is 1. The lowest BCUT2D eigenvalue weighted by atomic mass is 10.7. The lowest BCUT2D eigenvalue weighted by Gasteiger charge is -2.06. The second-order valence-corrected chi connectivity index (χ2v) is 1.53. The molecule has 4 heteroatoms. The van der Waals surface area contributed by atoms with Crippen LogP contribution in [0.1, 0.15) is 6.92 Å². The molecule has 0 aromatic carbocycles. The third-order valence-corrected chi connectivity index (χ3v) is 0.691. The van der Waals surface area contributed by atoms with Gasteiger partial charge in [-0.2, -0.15) is 0 Å². The molecule has 0 aliphatic heterocycles. The van der Waals surface area contributed by atoms with Gasteiger partial charge in [-0.1, -0.05) is 6.58 Å². The van der Waals surface area contributed by atoms with Gasteiger partial charge >= 0.3 is 0 Å². The van der Waals surface area contributed by atoms with E-state index in [4.69, 9.17) is 0 Å². The van der Waals surface area contributed by atoms with Gasteiger partial charge in [0.05, 0.1) is 0 Å². The van der Waals surface area contributed by atoms with Crippen LogP contribution in [0, 0.1) is 0 Å². The molecule has 0 unspecified atom stereocenters. The van der Waals surface area contributed by atoms with Crippen LogP contribution in [0.25, 0.3) is 0 Å². The van der Waals surface area contributed by atoms with E-state index in [1.807, 2.05) is 0 Å². The molecule has 0 atom stereocenters. The molecule has 0 aliphatic carbocycles. The molecular formula is C5H11N3O. The van der Waals surface area contributed by atoms with Gasteiger partial charge in [0.1, 0.15) is 5.82 Å². The molecule has 0 saturated heterocycles. The minimum absolute atomic E-state index is 0.147. The summed E-state index contributed by atoms with van der Waals surface area (Å²) in [5, 5.41) is 2.70. The number of hydrazine groups is 1. The Morgan fingerprint density at radius 3 is 2.33 bits per heavy atom. The molecule has 0 aromatic heterocycles. The molecule has 0 fully saturated rings. The Kier molecular flexibility index (Phi) is 3.27. The highest BCUT2D eigenvalue weighted by atomic mass is 16.2. The van der Waals surface area contributed by atoms with Gasteiger partial charge in [0, 0.05) is 14.0 Å². The van der Waals surface area contributed by atoms with Crippen molar-refractivity contribution >= 4 is 5.91 Å². The summed E-state index contributed by atoms with van der Waals surface area (Å²) in [4.78, 5) is 10.2. The van der Waals surface area contributed by atoms with Crippen molar-refractivity contribution in [3.05, 3.63) is 12.4 Å². The van der Waals surface area contributed by atoms with E-state index in [0.717, 1.165) is 0 Å². The Morgan fingerprint density at radius 2 is 2.00 bits per heavy atom. The quantitative estimate of drug-likeness (QED) is 0.442. The topological polar surface area (TPSA) is 53.2 Å². The first-order chi connectivity index (χ1) is 4.16. The minimum atomic E-state index is -0.147. The van der Waals surface area contributed by atoms with Crippen LogP contribution in [0.5, 0.6) is 0 Å². The van der Waals surface area contributed by atoms with Gasteiger partial charge in [0.25, 0.3) is 0 Å². The first-order valence-corrected chi connectivity index (χ1v) is 2.56. The van der Waals surface area contributed by atoms with Gasteiger partial charge in [-0.25, -0.2) is 0 Å². The first-order valence-electron chi connectivity index (χ1n) is 2.56. The molecule has 0 rings (SSSR count). The van der Waals surface area contributed by atoms with E-state index in [2.05, 4.69) is 22.7 Å². The molecule has 9 heavy (non-hydrogen) atoms. The van der Waals surface area contributed by atoms with Crippen LogP contribution >= 0.6 is 0 Å². The van der Waals surface area contributed by atoms with Crippen molar-refractivity contribution in [2.24, 2.45) is 0 Å². The van der Waals surface area contributed by atoms with Crippen molar-refractivity contribution in [3.8, 4) is 0 Å². The molecule has 0 heterocycles. The van der Waals surface area contributed by atoms with Crippen LogP contribution < -0.4 is 16.2 Å². The van der Waals surface area contributed by atoms with Crippen molar-refractivity contribution in [2.45, 2.75) is 6.92 Å². The fraction of sp³-hybridized carbons (Fsp3) is 0.400. The third-order valence-electron chi connectivity index (χ3n) is 0.691. The number of carbonyl (C=O) groups is 1. The highest BCUT2D eigenvalue weighted by Crippen LogP contribution is 1.66. The van der Waals surface area contributed by atoms with E-state index in [1.54, 1.807) is 7.05 Å². The molecule has 0 aliphatic rings. The monoisotopic (exact) mass is 129 g/mol. The minimum Gasteiger partial charge on any atom is -0.374 e. The van der Waals surface area contributed by atoms with Crippen LogP contribution in [-0.2, 0) is 4.79 Å². The summed E-state index contributed by atoms with van der Waals surface area (Å²) < 4.78 is 0. The summed E-state index contributed by atoms with van der Waals surface area (Å²) in [6.07, 6.45) is 0. The number of hydrogen-bond donors (Lipinski definition) is 3. The van der Waals surface area contributed by atoms with Gasteiger partial charge in [-0.05, 0) is 0 Å². The molecule has 0 bridgehead atoms. The maximum atomic E-state index is 10.2. The van der Waals surface area contributed by atoms with E-state index in [0.29, 0.717) is 5.82 Å². The lowest BCUT2D eigenvalue weighted by molar-refractivity contribution is -0.119. The molecule has 3 N–H and O–H groups in total. The van der Waals surface area contributed by atoms with E-state index >= 15 is 0 Å². The Hall–Kier alpha value is -1.19. The Morgan fingerprint density at radius 1 is 1.44 bits per heavy atom. The van der Waals surface area contributed by atoms with Crippen LogP contribution in [-0.4, -0.2) is 13.0 Å². The SMILES string of the molecule is C=C(NC)NNC(C)=O. The molecule has 52 valence electrons. The summed E-state index contributed by atoms with van der Waals surface area (Å²) in [6, 6.07) is 0. The zero-order valence-electron chi connectivity index (χ0n) is 5.62. The standard InChI is InChI=1S/C5H11N3O/c1-4(6-3)7-8-5(2)9/h6-7H,1H2,2-3H3,(H,8,9). The van der Waals surface area contributed by atoms with Crippen LogP contribution in [0.3, 0.4) is 0 Å². The van der Waals surface area contributed by atoms with Crippen LogP contribution in [0.2, 0.25) is 0 Å². The second-order valence-electron chi connectivity index (χ2n) is 1.53. The highest BCUT2D eigenvalue weighted by molar-refractivity contribution is 5.72. The van der Waals surface area contributed by atoms with Crippen molar-refractivity contribution in [2.75, 3.05) is 7.05 Å². The summed E-state index contributed by atoms with van der Waals surface area (Å²) in [5.41, 5.74) is 4.87. The van der Waals surface area contributed by atoms with Crippen molar-refractivity contribution in [3.63, 3.8) is 0 Å². The first kappa shape index (κ1) is 7.81. The van der Waals surface area contributed by atoms with Gasteiger partial charge in [0.2, 0.25) is 5.91 Å². The number of carbonyl (C=O) groups excluding carboxylic acids is 1. The van der Waals surface area contributed by atoms with Crippen molar-refractivity contribution < 1.29 is 4.79 Å². The Balaban J connectivity index is 3.28. The van der Waals surface area contributed by atoms with Crippen LogP contribution in [0.4, 0.5) is 0 Å². The van der Waals surface area contributed by atoms with Crippen molar-refractivity contribution in [1.82, 2.24) is 16.2 Å². The third kappa shape index (κ3) is 4.67. The van der Waals surface area contributed by atoms with Gasteiger partial charge in [-0.15, -0.1) is 0 Å². The molecule has 4 nitrogen and oxygen atoms in total. The van der Waals surface area contributed by atoms with E-state index in [1.165, 1.54) is 6.92 Å². The van der Waals surface area contributed by atoms with E-state index < -0.39 is 0 Å². The fourth-order valence-corrected chi connectivity index (χ4v) is 0.226. The second kappa shape index (κ2) is 3.77. The number of nitrogens with one attached hydrogen (secondary N) is 3. The summed E-state index contributed by atoms with van der Waals surface area (Å²) >= 11 is 0. The highest BCUT2D eigenvalue weighted by Gasteiger charge is 1.87. The largest absolute Gasteiger partial charge is 0.374 e. The van der Waals surface area contributed by atoms with E-state index in [9.17, 15) is 4.79 Å². The van der Waals surface area contributed by atoms with Crippen LogP contribution in [0.15, 0.2) is 12.4 Å². The van der Waals surface area contributed by atoms with Crippen molar-refractivity contribution in [1.29, 1.82) is 0 Å². The number of hydrogen-bond acceptors (Lipinski definition) is 3. The average Bonchev–Trinajstić information content (AvgIpc) is 1.83. The Bertz CT molecular complexity index is 121. The smallest absolute Gasteiger partial charge is 0.235 e.